The first kappa shape index (κ1) is 20.2. The van der Waals surface area contributed by atoms with Gasteiger partial charge in [-0.3, -0.25) is 0 Å². The van der Waals surface area contributed by atoms with Gasteiger partial charge in [-0.25, -0.2) is 0 Å². The molecule has 4 nitrogen and oxygen atoms in total. The molecule has 3 aromatic carbocycles. The third-order valence-corrected chi connectivity index (χ3v) is 5.93. The molecule has 0 spiro atoms. The maximum absolute atomic E-state index is 13.0. The van der Waals surface area contributed by atoms with Crippen molar-refractivity contribution in [2.45, 2.75) is 11.9 Å². The van der Waals surface area contributed by atoms with E-state index in [9.17, 15) is 21.6 Å². The fourth-order valence-corrected chi connectivity index (χ4v) is 4.08. The first-order valence-electron chi connectivity index (χ1n) is 9.06. The lowest BCUT2D eigenvalue weighted by Crippen LogP contribution is -2.31. The molecule has 0 N–H and O–H groups in total. The number of alkyl halides is 3. The second-order valence-corrected chi connectivity index (χ2v) is 8.39. The van der Waals surface area contributed by atoms with E-state index in [2.05, 4.69) is 4.18 Å². The molecule has 0 unspecified atom stereocenters. The van der Waals surface area contributed by atoms with Gasteiger partial charge in [0.15, 0.2) is 5.75 Å². The van der Waals surface area contributed by atoms with Gasteiger partial charge in [-0.1, -0.05) is 48.5 Å². The van der Waals surface area contributed by atoms with Gasteiger partial charge in [0.1, 0.15) is 7.05 Å². The maximum atomic E-state index is 13.0. The van der Waals surface area contributed by atoms with Crippen LogP contribution in [0, 0.1) is 0 Å². The molecule has 154 valence electrons. The molecule has 0 radical (unpaired) electrons. The van der Waals surface area contributed by atoms with Crippen LogP contribution in [0.25, 0.3) is 21.8 Å². The quantitative estimate of drug-likeness (QED) is 0.204. The Hall–Kier alpha value is -3.13. The number of aromatic nitrogens is 1. The summed E-state index contributed by atoms with van der Waals surface area (Å²) in [5.41, 5.74) is -2.46. The normalized spacial score (nSPS) is 12.4. The first-order valence-corrected chi connectivity index (χ1v) is 10.5. The number of pyridine rings is 1. The summed E-state index contributed by atoms with van der Waals surface area (Å²) in [5, 5.41) is 1.13. The molecule has 0 saturated carbocycles. The Morgan fingerprint density at radius 1 is 0.867 bits per heavy atom. The number of hydrogen-bond acceptors (Lipinski definition) is 3. The highest BCUT2D eigenvalue weighted by atomic mass is 32.2. The van der Waals surface area contributed by atoms with Crippen molar-refractivity contribution in [3.63, 3.8) is 0 Å². The van der Waals surface area contributed by atoms with Crippen molar-refractivity contribution in [3.8, 4) is 5.75 Å². The van der Waals surface area contributed by atoms with Crippen LogP contribution in [0.1, 0.15) is 11.1 Å². The molecule has 8 heteroatoms. The molecule has 0 aliphatic heterocycles. The van der Waals surface area contributed by atoms with Gasteiger partial charge in [-0.15, -0.1) is 0 Å². The van der Waals surface area contributed by atoms with Crippen molar-refractivity contribution in [1.82, 2.24) is 0 Å². The Morgan fingerprint density at radius 2 is 1.50 bits per heavy atom. The van der Waals surface area contributed by atoms with Crippen LogP contribution in [0.2, 0.25) is 0 Å². The monoisotopic (exact) mass is 432 g/mol. The van der Waals surface area contributed by atoms with E-state index in [1.165, 1.54) is 12.1 Å². The third-order valence-electron chi connectivity index (χ3n) is 4.96. The van der Waals surface area contributed by atoms with Crippen molar-refractivity contribution < 1.29 is 30.3 Å². The molecular formula is C22H17F3NO3S+. The Labute approximate surface area is 171 Å². The topological polar surface area (TPSA) is 47.2 Å². The minimum atomic E-state index is -5.81. The van der Waals surface area contributed by atoms with Crippen molar-refractivity contribution in [3.05, 3.63) is 83.9 Å². The molecule has 1 aromatic heterocycles. The van der Waals surface area contributed by atoms with Crippen molar-refractivity contribution >= 4 is 31.9 Å². The summed E-state index contributed by atoms with van der Waals surface area (Å²) in [7, 11) is -4.03. The lowest BCUT2D eigenvalue weighted by atomic mass is 9.95. The van der Waals surface area contributed by atoms with Crippen LogP contribution in [-0.2, 0) is 23.6 Å². The van der Waals surface area contributed by atoms with Gasteiger partial charge in [0, 0.05) is 12.1 Å². The van der Waals surface area contributed by atoms with Gasteiger partial charge >= 0.3 is 15.6 Å². The molecule has 0 atom stereocenters. The molecule has 0 fully saturated rings. The molecular weight excluding hydrogens is 415 g/mol. The van der Waals surface area contributed by atoms with Crippen LogP contribution in [0.15, 0.2) is 72.8 Å². The summed E-state index contributed by atoms with van der Waals surface area (Å²) in [6.45, 7) is 0. The molecule has 0 aliphatic carbocycles. The summed E-state index contributed by atoms with van der Waals surface area (Å²) in [6.07, 6.45) is 0.394. The lowest BCUT2D eigenvalue weighted by molar-refractivity contribution is -0.617. The summed E-state index contributed by atoms with van der Waals surface area (Å²) in [4.78, 5) is 0. The van der Waals surface area contributed by atoms with Crippen LogP contribution in [-0.4, -0.2) is 13.9 Å². The number of aryl methyl sites for hydroxylation is 1. The minimum Gasteiger partial charge on any atom is -0.375 e. The number of rotatable bonds is 4. The highest BCUT2D eigenvalue weighted by molar-refractivity contribution is 7.88. The Bertz CT molecular complexity index is 1350. The van der Waals surface area contributed by atoms with Gasteiger partial charge in [0.2, 0.25) is 11.0 Å². The number of halogens is 3. The largest absolute Gasteiger partial charge is 0.534 e. The zero-order chi connectivity index (χ0) is 21.5. The average Bonchev–Trinajstić information content (AvgIpc) is 2.71. The second kappa shape index (κ2) is 7.28. The van der Waals surface area contributed by atoms with Crippen molar-refractivity contribution in [2.75, 3.05) is 0 Å². The molecule has 0 aliphatic rings. The van der Waals surface area contributed by atoms with Crippen LogP contribution < -0.4 is 8.75 Å². The van der Waals surface area contributed by atoms with E-state index in [0.29, 0.717) is 22.9 Å². The number of nitrogens with zero attached hydrogens (tertiary/aromatic N) is 1. The Morgan fingerprint density at radius 3 is 2.20 bits per heavy atom. The van der Waals surface area contributed by atoms with Gasteiger partial charge in [0.25, 0.3) is 0 Å². The summed E-state index contributed by atoms with van der Waals surface area (Å²) in [5.74, 6) is -0.350. The fourth-order valence-electron chi connectivity index (χ4n) is 3.61. The first-order chi connectivity index (χ1) is 14.2. The van der Waals surface area contributed by atoms with E-state index in [4.69, 9.17) is 0 Å². The van der Waals surface area contributed by atoms with Crippen LogP contribution in [0.4, 0.5) is 13.2 Å². The molecule has 1 heterocycles. The van der Waals surface area contributed by atoms with Crippen LogP contribution in [0.3, 0.4) is 0 Å². The summed E-state index contributed by atoms with van der Waals surface area (Å²) >= 11 is 0. The van der Waals surface area contributed by atoms with E-state index in [0.717, 1.165) is 16.5 Å². The summed E-state index contributed by atoms with van der Waals surface area (Å²) in [6, 6.07) is 21.3. The minimum absolute atomic E-state index is 0.329. The van der Waals surface area contributed by atoms with Crippen LogP contribution in [0.5, 0.6) is 5.75 Å². The van der Waals surface area contributed by atoms with E-state index >= 15 is 0 Å². The van der Waals surface area contributed by atoms with Gasteiger partial charge in [-0.05, 0) is 29.7 Å². The van der Waals surface area contributed by atoms with Gasteiger partial charge < -0.3 is 4.18 Å². The third kappa shape index (κ3) is 3.47. The predicted molar refractivity (Wildman–Crippen MR) is 107 cm³/mol. The van der Waals surface area contributed by atoms with Crippen molar-refractivity contribution in [2.24, 2.45) is 7.05 Å². The van der Waals surface area contributed by atoms with E-state index < -0.39 is 15.6 Å². The predicted octanol–water partition coefficient (Wildman–Crippen LogP) is 4.64. The SMILES string of the molecule is C[n+]1c2ccccc2c(Cc2ccccc2)c2c(OS(=O)(=O)C(F)(F)F)cccc21. The zero-order valence-electron chi connectivity index (χ0n) is 15.8. The summed E-state index contributed by atoms with van der Waals surface area (Å²) < 4.78 is 68.8. The molecule has 0 saturated heterocycles. The van der Waals surface area contributed by atoms with Crippen molar-refractivity contribution in [1.29, 1.82) is 0 Å². The van der Waals surface area contributed by atoms with Gasteiger partial charge in [-0.2, -0.15) is 26.2 Å². The molecule has 4 aromatic rings. The average molecular weight is 432 g/mol. The molecule has 30 heavy (non-hydrogen) atoms. The Kier molecular flexibility index (Phi) is 4.89. The molecule has 0 bridgehead atoms. The standard InChI is InChI=1S/C22H17F3NO3S/c1-26-18-11-6-5-10-16(18)17(14-15-8-3-2-4-9-15)21-19(26)12-7-13-20(21)29-30(27,28)22(23,24)25/h2-13H,14H2,1H3/q+1. The molecule has 0 amide bonds. The lowest BCUT2D eigenvalue weighted by Gasteiger charge is -2.15. The van der Waals surface area contributed by atoms with Crippen LogP contribution >= 0.6 is 0 Å². The number of para-hydroxylation sites is 1. The smallest absolute Gasteiger partial charge is 0.375 e. The van der Waals surface area contributed by atoms with E-state index in [-0.39, 0.29) is 5.75 Å². The number of benzene rings is 3. The molecule has 4 rings (SSSR count). The Balaban J connectivity index is 2.06. The van der Waals surface area contributed by atoms with E-state index in [1.54, 1.807) is 13.1 Å². The van der Waals surface area contributed by atoms with E-state index in [1.807, 2.05) is 59.2 Å². The highest BCUT2D eigenvalue weighted by Crippen LogP contribution is 2.36. The highest BCUT2D eigenvalue weighted by Gasteiger charge is 2.49. The number of fused-ring (bicyclic) bond motifs is 2. The number of hydrogen-bond donors (Lipinski definition) is 0. The fraction of sp³-hybridized carbons (Fsp3) is 0.136. The maximum Gasteiger partial charge on any atom is 0.534 e. The zero-order valence-corrected chi connectivity index (χ0v) is 16.7. The second-order valence-electron chi connectivity index (χ2n) is 6.85. The van der Waals surface area contributed by atoms with Gasteiger partial charge in [0.05, 0.1) is 10.8 Å².